The highest BCUT2D eigenvalue weighted by molar-refractivity contribution is 7.13. The van der Waals surface area contributed by atoms with Crippen LogP contribution in [0.4, 0.5) is 0 Å². The van der Waals surface area contributed by atoms with E-state index in [-0.39, 0.29) is 0 Å². The minimum Gasteiger partial charge on any atom is -0.254 e. The summed E-state index contributed by atoms with van der Waals surface area (Å²) in [7, 11) is 0. The van der Waals surface area contributed by atoms with E-state index >= 15 is 0 Å². The smallest absolute Gasteiger partial charge is 0.142 e. The average molecular weight is 217 g/mol. The summed E-state index contributed by atoms with van der Waals surface area (Å²) in [6, 6.07) is 5.67. The highest BCUT2D eigenvalue weighted by Gasteiger charge is 2.03. The van der Waals surface area contributed by atoms with Gasteiger partial charge in [-0.1, -0.05) is 11.2 Å². The first-order valence-electron chi connectivity index (χ1n) is 4.27. The Labute approximate surface area is 90.1 Å². The van der Waals surface area contributed by atoms with Gasteiger partial charge in [0.05, 0.1) is 17.9 Å². The maximum absolute atomic E-state index is 8.17. The highest BCUT2D eigenvalue weighted by Crippen LogP contribution is 2.21. The minimum atomic E-state index is 0.292. The molecule has 0 radical (unpaired) electrons. The molecule has 6 heteroatoms. The van der Waals surface area contributed by atoms with Crippen molar-refractivity contribution in [3.63, 3.8) is 0 Å². The van der Waals surface area contributed by atoms with Crippen molar-refractivity contribution in [3.8, 4) is 10.7 Å². The maximum Gasteiger partial charge on any atom is 0.142 e. The van der Waals surface area contributed by atoms with E-state index in [1.165, 1.54) is 11.3 Å². The van der Waals surface area contributed by atoms with E-state index in [2.05, 4.69) is 20.0 Å². The molecular formula is C9H7N5S. The molecule has 0 bridgehead atoms. The largest absolute Gasteiger partial charge is 0.254 e. The molecular weight excluding hydrogens is 210 g/mol. The Kier molecular flexibility index (Phi) is 2.92. The van der Waals surface area contributed by atoms with Crippen molar-refractivity contribution in [2.75, 3.05) is 0 Å². The van der Waals surface area contributed by atoms with Gasteiger partial charge in [0.2, 0.25) is 0 Å². The fourth-order valence-electron chi connectivity index (χ4n) is 1.09. The molecule has 0 spiro atoms. The van der Waals surface area contributed by atoms with Crippen LogP contribution in [0.5, 0.6) is 0 Å². The summed E-state index contributed by atoms with van der Waals surface area (Å²) in [5.41, 5.74) is 9.79. The molecule has 74 valence electrons. The van der Waals surface area contributed by atoms with Gasteiger partial charge < -0.3 is 0 Å². The number of hydrogen-bond acceptors (Lipinski definition) is 4. The molecule has 0 amide bonds. The van der Waals surface area contributed by atoms with Crippen LogP contribution in [0.3, 0.4) is 0 Å². The van der Waals surface area contributed by atoms with Crippen LogP contribution in [-0.2, 0) is 6.54 Å². The predicted octanol–water partition coefficient (Wildman–Crippen LogP) is 3.02. The van der Waals surface area contributed by atoms with E-state index in [0.717, 1.165) is 16.4 Å². The second-order valence-electron chi connectivity index (χ2n) is 2.75. The van der Waals surface area contributed by atoms with E-state index in [4.69, 9.17) is 5.53 Å². The molecule has 0 aliphatic heterocycles. The second-order valence-corrected chi connectivity index (χ2v) is 3.61. The third kappa shape index (κ3) is 2.31. The number of azide groups is 1. The molecule has 0 aliphatic rings. The number of aromatic nitrogens is 2. The Hall–Kier alpha value is -1.91. The summed E-state index contributed by atoms with van der Waals surface area (Å²) in [5.74, 6) is 0. The Morgan fingerprint density at radius 1 is 1.47 bits per heavy atom. The third-order valence-electron chi connectivity index (χ3n) is 1.73. The molecule has 0 N–H and O–H groups in total. The first-order chi connectivity index (χ1) is 7.40. The Morgan fingerprint density at radius 3 is 3.13 bits per heavy atom. The quantitative estimate of drug-likeness (QED) is 0.450. The van der Waals surface area contributed by atoms with Crippen LogP contribution in [0.1, 0.15) is 5.69 Å². The zero-order valence-electron chi connectivity index (χ0n) is 7.74. The van der Waals surface area contributed by atoms with Crippen LogP contribution < -0.4 is 0 Å². The molecule has 5 nitrogen and oxygen atoms in total. The Balaban J connectivity index is 2.24. The number of rotatable bonds is 3. The van der Waals surface area contributed by atoms with Crippen molar-refractivity contribution < 1.29 is 0 Å². The third-order valence-corrected chi connectivity index (χ3v) is 2.65. The predicted molar refractivity (Wildman–Crippen MR) is 58.2 cm³/mol. The molecule has 0 fully saturated rings. The average Bonchev–Trinajstić information content (AvgIpc) is 2.76. The van der Waals surface area contributed by atoms with Crippen molar-refractivity contribution in [2.45, 2.75) is 6.54 Å². The minimum absolute atomic E-state index is 0.292. The van der Waals surface area contributed by atoms with Crippen LogP contribution in [0, 0.1) is 0 Å². The van der Waals surface area contributed by atoms with E-state index < -0.39 is 0 Å². The fraction of sp³-hybridized carbons (Fsp3) is 0.111. The van der Waals surface area contributed by atoms with Crippen molar-refractivity contribution >= 4 is 11.3 Å². The lowest BCUT2D eigenvalue weighted by atomic mass is 10.4. The van der Waals surface area contributed by atoms with E-state index in [1.54, 1.807) is 6.20 Å². The van der Waals surface area contributed by atoms with Gasteiger partial charge in [0.15, 0.2) is 0 Å². The molecule has 0 unspecified atom stereocenters. The van der Waals surface area contributed by atoms with Crippen molar-refractivity contribution in [2.24, 2.45) is 5.11 Å². The molecule has 15 heavy (non-hydrogen) atoms. The lowest BCUT2D eigenvalue weighted by Crippen LogP contribution is -1.83. The molecule has 2 aromatic rings. The first-order valence-corrected chi connectivity index (χ1v) is 5.15. The lowest BCUT2D eigenvalue weighted by molar-refractivity contribution is 0.995. The van der Waals surface area contributed by atoms with Crippen molar-refractivity contribution in [3.05, 3.63) is 45.9 Å². The molecule has 0 saturated heterocycles. The fourth-order valence-corrected chi connectivity index (χ4v) is 1.88. The van der Waals surface area contributed by atoms with E-state index in [1.807, 2.05) is 23.6 Å². The summed E-state index contributed by atoms with van der Waals surface area (Å²) in [5, 5.41) is 6.17. The van der Waals surface area contributed by atoms with Gasteiger partial charge in [-0.2, -0.15) is 0 Å². The zero-order chi connectivity index (χ0) is 10.5. The summed E-state index contributed by atoms with van der Waals surface area (Å²) < 4.78 is 0. The number of nitrogens with zero attached hydrogens (tertiary/aromatic N) is 5. The summed E-state index contributed by atoms with van der Waals surface area (Å²) in [6.07, 6.45) is 1.73. The topological polar surface area (TPSA) is 74.5 Å². The van der Waals surface area contributed by atoms with Gasteiger partial charge in [-0.25, -0.2) is 4.98 Å². The van der Waals surface area contributed by atoms with Gasteiger partial charge >= 0.3 is 0 Å². The summed E-state index contributed by atoms with van der Waals surface area (Å²) in [4.78, 5) is 11.2. The SMILES string of the molecule is [N-]=[N+]=NCc1csc(-c2ccccn2)n1. The normalized spacial score (nSPS) is 9.60. The molecule has 0 aliphatic carbocycles. The van der Waals surface area contributed by atoms with Crippen molar-refractivity contribution in [1.29, 1.82) is 0 Å². The Bertz CT molecular complexity index is 486. The second kappa shape index (κ2) is 4.54. The number of thiazole rings is 1. The Morgan fingerprint density at radius 2 is 2.40 bits per heavy atom. The standard InChI is InChI=1S/C9H7N5S/c10-14-12-5-7-6-15-9(13-7)8-3-1-2-4-11-8/h1-4,6H,5H2. The summed E-state index contributed by atoms with van der Waals surface area (Å²) in [6.45, 7) is 0.292. The van der Waals surface area contributed by atoms with Gasteiger partial charge in [0.1, 0.15) is 5.01 Å². The van der Waals surface area contributed by atoms with Gasteiger partial charge in [-0.05, 0) is 17.7 Å². The van der Waals surface area contributed by atoms with Crippen LogP contribution in [-0.4, -0.2) is 9.97 Å². The first kappa shape index (κ1) is 9.64. The van der Waals surface area contributed by atoms with Gasteiger partial charge in [-0.15, -0.1) is 11.3 Å². The molecule has 0 atom stereocenters. The zero-order valence-corrected chi connectivity index (χ0v) is 8.55. The molecule has 2 rings (SSSR count). The summed E-state index contributed by atoms with van der Waals surface area (Å²) >= 11 is 1.50. The number of pyridine rings is 1. The maximum atomic E-state index is 8.17. The monoisotopic (exact) mass is 217 g/mol. The van der Waals surface area contributed by atoms with Gasteiger partial charge in [0.25, 0.3) is 0 Å². The van der Waals surface area contributed by atoms with Crippen LogP contribution >= 0.6 is 11.3 Å². The molecule has 0 saturated carbocycles. The lowest BCUT2D eigenvalue weighted by Gasteiger charge is -1.92. The van der Waals surface area contributed by atoms with Gasteiger partial charge in [0, 0.05) is 16.5 Å². The van der Waals surface area contributed by atoms with E-state index in [0.29, 0.717) is 6.54 Å². The van der Waals surface area contributed by atoms with Crippen LogP contribution in [0.25, 0.3) is 21.1 Å². The number of hydrogen-bond donors (Lipinski definition) is 0. The molecule has 0 aromatic carbocycles. The van der Waals surface area contributed by atoms with E-state index in [9.17, 15) is 0 Å². The highest BCUT2D eigenvalue weighted by atomic mass is 32.1. The van der Waals surface area contributed by atoms with Crippen LogP contribution in [0.15, 0.2) is 34.9 Å². The van der Waals surface area contributed by atoms with Gasteiger partial charge in [-0.3, -0.25) is 4.98 Å². The van der Waals surface area contributed by atoms with Crippen molar-refractivity contribution in [1.82, 2.24) is 9.97 Å². The molecule has 2 heterocycles. The van der Waals surface area contributed by atoms with Crippen LogP contribution in [0.2, 0.25) is 0 Å². The molecule has 2 aromatic heterocycles.